The van der Waals surface area contributed by atoms with Crippen molar-refractivity contribution in [2.45, 2.75) is 13.0 Å². The molecule has 2 nitrogen and oxygen atoms in total. The van der Waals surface area contributed by atoms with Crippen LogP contribution in [-0.4, -0.2) is 5.78 Å². The predicted octanol–water partition coefficient (Wildman–Crippen LogP) is 3.87. The van der Waals surface area contributed by atoms with Crippen molar-refractivity contribution in [3.63, 3.8) is 0 Å². The Bertz CT molecular complexity index is 656. The topological polar surface area (TPSA) is 26.3 Å². The number of benzene rings is 2. The van der Waals surface area contributed by atoms with Gasteiger partial charge < -0.3 is 4.74 Å². The number of ether oxygens (including phenoxy) is 1. The third-order valence-corrected chi connectivity index (χ3v) is 3.33. The number of aryl methyl sites for hydroxylation is 1. The van der Waals surface area contributed by atoms with Crippen LogP contribution in [0, 0.1) is 6.92 Å². The number of hydrogen-bond acceptors (Lipinski definition) is 2. The van der Waals surface area contributed by atoms with Gasteiger partial charge in [-0.25, -0.2) is 0 Å². The minimum Gasteiger partial charge on any atom is -0.480 e. The van der Waals surface area contributed by atoms with E-state index >= 15 is 0 Å². The smallest absolute Gasteiger partial charge is 0.196 e. The Labute approximate surface area is 112 Å². The molecule has 1 heterocycles. The van der Waals surface area contributed by atoms with Gasteiger partial charge >= 0.3 is 0 Å². The Morgan fingerprint density at radius 1 is 1.11 bits per heavy atom. The summed E-state index contributed by atoms with van der Waals surface area (Å²) in [7, 11) is 0. The molecule has 0 saturated heterocycles. The van der Waals surface area contributed by atoms with Crippen LogP contribution in [0.15, 0.2) is 60.7 Å². The average Bonchev–Trinajstić information content (AvgIpc) is 2.44. The Balaban J connectivity index is 2.07. The van der Waals surface area contributed by atoms with Gasteiger partial charge in [0.05, 0.1) is 5.56 Å². The Hall–Kier alpha value is -2.35. The van der Waals surface area contributed by atoms with Gasteiger partial charge in [0, 0.05) is 5.57 Å². The van der Waals surface area contributed by atoms with Crippen LogP contribution in [0.3, 0.4) is 0 Å². The van der Waals surface area contributed by atoms with E-state index in [0.717, 1.165) is 11.1 Å². The lowest BCUT2D eigenvalue weighted by atomic mass is 9.91. The quantitative estimate of drug-likeness (QED) is 0.718. The predicted molar refractivity (Wildman–Crippen MR) is 74.5 cm³/mol. The zero-order valence-electron chi connectivity index (χ0n) is 10.7. The zero-order valence-corrected chi connectivity index (χ0v) is 10.7. The Morgan fingerprint density at radius 2 is 1.84 bits per heavy atom. The Morgan fingerprint density at radius 3 is 2.58 bits per heavy atom. The van der Waals surface area contributed by atoms with E-state index in [0.29, 0.717) is 16.9 Å². The van der Waals surface area contributed by atoms with E-state index < -0.39 is 0 Å². The second kappa shape index (κ2) is 4.39. The number of rotatable bonds is 1. The van der Waals surface area contributed by atoms with Gasteiger partial charge in [-0.1, -0.05) is 48.5 Å². The summed E-state index contributed by atoms with van der Waals surface area (Å²) >= 11 is 0. The maximum atomic E-state index is 12.4. The van der Waals surface area contributed by atoms with Crippen molar-refractivity contribution in [2.75, 3.05) is 0 Å². The molecule has 0 bridgehead atoms. The minimum absolute atomic E-state index is 0.0289. The molecule has 0 aliphatic carbocycles. The summed E-state index contributed by atoms with van der Waals surface area (Å²) in [6, 6.07) is 15.3. The fraction of sp³-hybridized carbons (Fsp3) is 0.118. The first-order chi connectivity index (χ1) is 9.16. The van der Waals surface area contributed by atoms with Crippen molar-refractivity contribution >= 4 is 5.78 Å². The highest BCUT2D eigenvalue weighted by Gasteiger charge is 2.31. The summed E-state index contributed by atoms with van der Waals surface area (Å²) < 4.78 is 5.94. The first-order valence-electron chi connectivity index (χ1n) is 6.22. The van der Waals surface area contributed by atoms with Gasteiger partial charge in [-0.05, 0) is 24.6 Å². The van der Waals surface area contributed by atoms with Crippen LogP contribution in [0.4, 0.5) is 0 Å². The van der Waals surface area contributed by atoms with Crippen LogP contribution >= 0.6 is 0 Å². The fourth-order valence-corrected chi connectivity index (χ4v) is 2.31. The SMILES string of the molecule is C=C1C(=O)c2cc(C)ccc2OC1c1ccccc1. The maximum Gasteiger partial charge on any atom is 0.196 e. The fourth-order valence-electron chi connectivity index (χ4n) is 2.31. The van der Waals surface area contributed by atoms with Crippen LogP contribution < -0.4 is 4.74 Å². The van der Waals surface area contributed by atoms with E-state index in [1.807, 2.05) is 55.5 Å². The highest BCUT2D eigenvalue weighted by atomic mass is 16.5. The number of hydrogen-bond donors (Lipinski definition) is 0. The molecule has 0 fully saturated rings. The van der Waals surface area contributed by atoms with Crippen molar-refractivity contribution in [2.24, 2.45) is 0 Å². The zero-order chi connectivity index (χ0) is 13.4. The summed E-state index contributed by atoms with van der Waals surface area (Å²) in [5, 5.41) is 0. The number of Topliss-reactive ketones (excluding diaryl/α,β-unsaturated/α-hetero) is 1. The summed E-state index contributed by atoms with van der Waals surface area (Å²) in [6.45, 7) is 5.86. The van der Waals surface area contributed by atoms with Gasteiger partial charge in [0.25, 0.3) is 0 Å². The van der Waals surface area contributed by atoms with Crippen molar-refractivity contribution < 1.29 is 9.53 Å². The molecular weight excluding hydrogens is 236 g/mol. The van der Waals surface area contributed by atoms with Crippen molar-refractivity contribution in [1.29, 1.82) is 0 Å². The molecule has 0 N–H and O–H groups in total. The van der Waals surface area contributed by atoms with E-state index in [9.17, 15) is 4.79 Å². The van der Waals surface area contributed by atoms with Crippen molar-refractivity contribution in [1.82, 2.24) is 0 Å². The Kier molecular flexibility index (Phi) is 2.71. The molecule has 19 heavy (non-hydrogen) atoms. The molecular formula is C17H14O2. The molecule has 1 unspecified atom stereocenters. The summed E-state index contributed by atoms with van der Waals surface area (Å²) in [4.78, 5) is 12.4. The van der Waals surface area contributed by atoms with Gasteiger partial charge in [-0.15, -0.1) is 0 Å². The first kappa shape index (κ1) is 11.7. The molecule has 1 atom stereocenters. The van der Waals surface area contributed by atoms with E-state index in [1.54, 1.807) is 0 Å². The van der Waals surface area contributed by atoms with Gasteiger partial charge in [0.2, 0.25) is 0 Å². The third-order valence-electron chi connectivity index (χ3n) is 3.33. The lowest BCUT2D eigenvalue weighted by molar-refractivity contribution is 0.0962. The molecule has 1 aliphatic rings. The number of carbonyl (C=O) groups is 1. The summed E-state index contributed by atoms with van der Waals surface area (Å²) in [6.07, 6.45) is -0.385. The van der Waals surface area contributed by atoms with E-state index in [4.69, 9.17) is 4.74 Å². The lowest BCUT2D eigenvalue weighted by Gasteiger charge is -2.27. The molecule has 94 valence electrons. The van der Waals surface area contributed by atoms with Gasteiger partial charge in [-0.2, -0.15) is 0 Å². The minimum atomic E-state index is -0.385. The van der Waals surface area contributed by atoms with Crippen molar-refractivity contribution in [3.05, 3.63) is 77.4 Å². The number of fused-ring (bicyclic) bond motifs is 1. The normalized spacial score (nSPS) is 17.8. The van der Waals surface area contributed by atoms with Crippen LogP contribution in [0.1, 0.15) is 27.6 Å². The first-order valence-corrected chi connectivity index (χ1v) is 6.22. The highest BCUT2D eigenvalue weighted by Crippen LogP contribution is 2.37. The monoisotopic (exact) mass is 250 g/mol. The molecule has 2 heteroatoms. The summed E-state index contributed by atoms with van der Waals surface area (Å²) in [5.41, 5.74) is 3.09. The van der Waals surface area contributed by atoms with Gasteiger partial charge in [0.1, 0.15) is 5.75 Å². The standard InChI is InChI=1S/C17H14O2/c1-11-8-9-15-14(10-11)16(18)12(2)17(19-15)13-6-4-3-5-7-13/h3-10,17H,2H2,1H3. The second-order valence-corrected chi connectivity index (χ2v) is 4.76. The van der Waals surface area contributed by atoms with E-state index in [1.165, 1.54) is 0 Å². The molecule has 2 aromatic carbocycles. The van der Waals surface area contributed by atoms with Crippen LogP contribution in [-0.2, 0) is 0 Å². The van der Waals surface area contributed by atoms with Crippen molar-refractivity contribution in [3.8, 4) is 5.75 Å². The molecule has 2 aromatic rings. The number of ketones is 1. The van der Waals surface area contributed by atoms with Crippen LogP contribution in [0.25, 0.3) is 0 Å². The maximum absolute atomic E-state index is 12.4. The third kappa shape index (κ3) is 1.95. The largest absolute Gasteiger partial charge is 0.480 e. The van der Waals surface area contributed by atoms with Gasteiger partial charge in [-0.3, -0.25) is 4.79 Å². The molecule has 0 spiro atoms. The molecule has 0 saturated carbocycles. The molecule has 1 aliphatic heterocycles. The summed E-state index contributed by atoms with van der Waals surface area (Å²) in [5.74, 6) is 0.607. The lowest BCUT2D eigenvalue weighted by Crippen LogP contribution is -2.23. The molecule has 3 rings (SSSR count). The average molecular weight is 250 g/mol. The van der Waals surface area contributed by atoms with Crippen LogP contribution in [0.2, 0.25) is 0 Å². The molecule has 0 radical (unpaired) electrons. The molecule has 0 aromatic heterocycles. The number of carbonyl (C=O) groups excluding carboxylic acids is 1. The van der Waals surface area contributed by atoms with E-state index in [2.05, 4.69) is 6.58 Å². The van der Waals surface area contributed by atoms with E-state index in [-0.39, 0.29) is 11.9 Å². The van der Waals surface area contributed by atoms with Crippen LogP contribution in [0.5, 0.6) is 5.75 Å². The molecule has 0 amide bonds. The second-order valence-electron chi connectivity index (χ2n) is 4.76. The van der Waals surface area contributed by atoms with Gasteiger partial charge in [0.15, 0.2) is 11.9 Å². The highest BCUT2D eigenvalue weighted by molar-refractivity contribution is 6.12.